The average Bonchev–Trinajstić information content (AvgIpc) is 3.01. The van der Waals surface area contributed by atoms with Crippen LogP contribution in [0.25, 0.3) is 0 Å². The minimum absolute atomic E-state index is 0.0495. The van der Waals surface area contributed by atoms with Crippen molar-refractivity contribution in [3.8, 4) is 0 Å². The lowest BCUT2D eigenvalue weighted by atomic mass is 10.1. The molecule has 1 aromatic heterocycles. The quantitative estimate of drug-likeness (QED) is 0.621. The predicted octanol–water partition coefficient (Wildman–Crippen LogP) is 5.45. The molecular formula is C18H13F3N2OS. The molecule has 0 N–H and O–H groups in total. The lowest BCUT2D eigenvalue weighted by molar-refractivity contribution is -0.137. The van der Waals surface area contributed by atoms with Crippen LogP contribution in [-0.2, 0) is 6.18 Å². The van der Waals surface area contributed by atoms with E-state index in [9.17, 15) is 18.0 Å². The summed E-state index contributed by atoms with van der Waals surface area (Å²) in [7, 11) is 0. The van der Waals surface area contributed by atoms with Gasteiger partial charge in [0.25, 0.3) is 5.91 Å². The van der Waals surface area contributed by atoms with Gasteiger partial charge in [0.15, 0.2) is 5.13 Å². The molecule has 0 saturated carbocycles. The van der Waals surface area contributed by atoms with Crippen molar-refractivity contribution in [1.29, 1.82) is 0 Å². The third-order valence-electron chi connectivity index (χ3n) is 3.45. The number of thiazole rings is 1. The summed E-state index contributed by atoms with van der Waals surface area (Å²) in [6.45, 7) is 1.79. The van der Waals surface area contributed by atoms with Gasteiger partial charge in [-0.05, 0) is 37.3 Å². The van der Waals surface area contributed by atoms with E-state index in [0.717, 1.165) is 17.8 Å². The fourth-order valence-corrected chi connectivity index (χ4v) is 3.11. The predicted molar refractivity (Wildman–Crippen MR) is 91.2 cm³/mol. The Labute approximate surface area is 146 Å². The van der Waals surface area contributed by atoms with Gasteiger partial charge in [0, 0.05) is 10.9 Å². The second-order valence-corrected chi connectivity index (χ2v) is 6.16. The Morgan fingerprint density at radius 2 is 1.80 bits per heavy atom. The molecule has 0 radical (unpaired) electrons. The number of amides is 1. The van der Waals surface area contributed by atoms with Crippen molar-refractivity contribution in [3.05, 3.63) is 76.8 Å². The van der Waals surface area contributed by atoms with E-state index in [-0.39, 0.29) is 5.56 Å². The van der Waals surface area contributed by atoms with Gasteiger partial charge in [-0.2, -0.15) is 13.2 Å². The number of anilines is 2. The van der Waals surface area contributed by atoms with Crippen molar-refractivity contribution in [3.63, 3.8) is 0 Å². The maximum absolute atomic E-state index is 13.0. The number of hydrogen-bond donors (Lipinski definition) is 0. The van der Waals surface area contributed by atoms with E-state index >= 15 is 0 Å². The molecule has 1 amide bonds. The van der Waals surface area contributed by atoms with Crippen LogP contribution >= 0.6 is 11.3 Å². The minimum atomic E-state index is -4.51. The molecule has 0 saturated heterocycles. The molecule has 3 nitrogen and oxygen atoms in total. The van der Waals surface area contributed by atoms with Crippen LogP contribution in [0.3, 0.4) is 0 Å². The number of benzene rings is 2. The van der Waals surface area contributed by atoms with Crippen molar-refractivity contribution in [2.75, 3.05) is 4.90 Å². The van der Waals surface area contributed by atoms with E-state index in [0.29, 0.717) is 10.8 Å². The SMILES string of the molecule is Cc1csc(N(C(=O)c2cccc(C(F)(F)F)c2)c2ccccc2)n1. The summed E-state index contributed by atoms with van der Waals surface area (Å²) in [5.74, 6) is -0.563. The first-order valence-corrected chi connectivity index (χ1v) is 8.23. The second-order valence-electron chi connectivity index (χ2n) is 5.33. The fraction of sp³-hybridized carbons (Fsp3) is 0.111. The van der Waals surface area contributed by atoms with Gasteiger partial charge in [-0.3, -0.25) is 9.69 Å². The summed E-state index contributed by atoms with van der Waals surface area (Å²) in [4.78, 5) is 18.6. The second kappa shape index (κ2) is 6.68. The molecule has 3 aromatic rings. The van der Waals surface area contributed by atoms with Crippen molar-refractivity contribution in [2.45, 2.75) is 13.1 Å². The number of aromatic nitrogens is 1. The maximum Gasteiger partial charge on any atom is 0.416 e. The van der Waals surface area contributed by atoms with Gasteiger partial charge >= 0.3 is 6.18 Å². The number of carbonyl (C=O) groups is 1. The Morgan fingerprint density at radius 3 is 2.40 bits per heavy atom. The summed E-state index contributed by atoms with van der Waals surface area (Å²) >= 11 is 1.26. The molecule has 25 heavy (non-hydrogen) atoms. The summed E-state index contributed by atoms with van der Waals surface area (Å²) in [5.41, 5.74) is 0.366. The molecule has 0 spiro atoms. The Morgan fingerprint density at radius 1 is 1.08 bits per heavy atom. The smallest absolute Gasteiger partial charge is 0.268 e. The molecule has 7 heteroatoms. The van der Waals surface area contributed by atoms with Gasteiger partial charge in [-0.1, -0.05) is 24.3 Å². The number of alkyl halides is 3. The first kappa shape index (κ1) is 17.2. The van der Waals surface area contributed by atoms with E-state index in [4.69, 9.17) is 0 Å². The van der Waals surface area contributed by atoms with E-state index in [1.54, 1.807) is 42.6 Å². The van der Waals surface area contributed by atoms with Crippen LogP contribution in [-0.4, -0.2) is 10.9 Å². The highest BCUT2D eigenvalue weighted by Gasteiger charge is 2.32. The highest BCUT2D eigenvalue weighted by molar-refractivity contribution is 7.14. The minimum Gasteiger partial charge on any atom is -0.268 e. The maximum atomic E-state index is 13.0. The van der Waals surface area contributed by atoms with Gasteiger partial charge in [0.05, 0.1) is 16.9 Å². The molecule has 0 aliphatic rings. The summed E-state index contributed by atoms with van der Waals surface area (Å²) in [6, 6.07) is 13.1. The standard InChI is InChI=1S/C18H13F3N2OS/c1-12-11-25-17(22-12)23(15-8-3-2-4-9-15)16(24)13-6-5-7-14(10-13)18(19,20)21/h2-11H,1H3. The largest absolute Gasteiger partial charge is 0.416 e. The van der Waals surface area contributed by atoms with Crippen LogP contribution in [0.5, 0.6) is 0 Å². The van der Waals surface area contributed by atoms with Gasteiger partial charge in [-0.25, -0.2) is 4.98 Å². The molecular weight excluding hydrogens is 349 g/mol. The third-order valence-corrected chi connectivity index (χ3v) is 4.40. The molecule has 0 fully saturated rings. The number of halogens is 3. The number of para-hydroxylation sites is 1. The molecule has 128 valence electrons. The van der Waals surface area contributed by atoms with Crippen LogP contribution in [0.4, 0.5) is 24.0 Å². The van der Waals surface area contributed by atoms with E-state index < -0.39 is 17.6 Å². The van der Waals surface area contributed by atoms with E-state index in [1.807, 2.05) is 0 Å². The number of aryl methyl sites for hydroxylation is 1. The Bertz CT molecular complexity index is 891. The summed E-state index contributed by atoms with van der Waals surface area (Å²) in [6.07, 6.45) is -4.51. The first-order valence-electron chi connectivity index (χ1n) is 7.35. The molecule has 1 heterocycles. The van der Waals surface area contributed by atoms with Crippen LogP contribution in [0.15, 0.2) is 60.0 Å². The summed E-state index contributed by atoms with van der Waals surface area (Å²) < 4.78 is 38.8. The number of carbonyl (C=O) groups excluding carboxylic acids is 1. The topological polar surface area (TPSA) is 33.2 Å². The lowest BCUT2D eigenvalue weighted by Crippen LogP contribution is -2.26. The lowest BCUT2D eigenvalue weighted by Gasteiger charge is -2.20. The van der Waals surface area contributed by atoms with Crippen molar-refractivity contribution < 1.29 is 18.0 Å². The first-order chi connectivity index (χ1) is 11.9. The van der Waals surface area contributed by atoms with E-state index in [1.165, 1.54) is 28.4 Å². The normalized spacial score (nSPS) is 11.4. The molecule has 0 unspecified atom stereocenters. The van der Waals surface area contributed by atoms with Crippen LogP contribution in [0.2, 0.25) is 0 Å². The van der Waals surface area contributed by atoms with Gasteiger partial charge < -0.3 is 0 Å². The molecule has 0 atom stereocenters. The van der Waals surface area contributed by atoms with Crippen LogP contribution in [0, 0.1) is 6.92 Å². The van der Waals surface area contributed by atoms with Crippen LogP contribution in [0.1, 0.15) is 21.6 Å². The number of nitrogens with zero attached hydrogens (tertiary/aromatic N) is 2. The van der Waals surface area contributed by atoms with Gasteiger partial charge in [0.2, 0.25) is 0 Å². The summed E-state index contributed by atoms with van der Waals surface area (Å²) in [5, 5.41) is 2.19. The zero-order chi connectivity index (χ0) is 18.0. The van der Waals surface area contributed by atoms with E-state index in [2.05, 4.69) is 4.98 Å². The monoisotopic (exact) mass is 362 g/mol. The average molecular weight is 362 g/mol. The fourth-order valence-electron chi connectivity index (χ4n) is 2.29. The molecule has 0 aliphatic heterocycles. The molecule has 0 bridgehead atoms. The van der Waals surface area contributed by atoms with Crippen molar-refractivity contribution in [2.24, 2.45) is 0 Å². The highest BCUT2D eigenvalue weighted by atomic mass is 32.1. The Hall–Kier alpha value is -2.67. The number of rotatable bonds is 3. The Balaban J connectivity index is 2.06. The number of hydrogen-bond acceptors (Lipinski definition) is 3. The highest BCUT2D eigenvalue weighted by Crippen LogP contribution is 2.33. The van der Waals surface area contributed by atoms with Crippen molar-refractivity contribution in [1.82, 2.24) is 4.98 Å². The zero-order valence-corrected chi connectivity index (χ0v) is 13.9. The molecule has 3 rings (SSSR count). The zero-order valence-electron chi connectivity index (χ0n) is 13.1. The van der Waals surface area contributed by atoms with Gasteiger partial charge in [0.1, 0.15) is 0 Å². The molecule has 2 aromatic carbocycles. The third kappa shape index (κ3) is 3.71. The van der Waals surface area contributed by atoms with Gasteiger partial charge in [-0.15, -0.1) is 11.3 Å². The molecule has 0 aliphatic carbocycles. The van der Waals surface area contributed by atoms with Crippen molar-refractivity contribution >= 4 is 28.1 Å². The Kier molecular flexibility index (Phi) is 4.59. The van der Waals surface area contributed by atoms with Crippen LogP contribution < -0.4 is 4.90 Å².